The van der Waals surface area contributed by atoms with Crippen molar-refractivity contribution in [3.05, 3.63) is 18.2 Å². The number of amides is 4. The van der Waals surface area contributed by atoms with Crippen LogP contribution in [0.25, 0.3) is 0 Å². The van der Waals surface area contributed by atoms with Crippen molar-refractivity contribution >= 4 is 47.1 Å². The number of ketones is 2. The van der Waals surface area contributed by atoms with Crippen molar-refractivity contribution in [3.63, 3.8) is 0 Å². The number of nitrogens with zero attached hydrogens (tertiary/aromatic N) is 1. The first-order valence-corrected chi connectivity index (χ1v) is 19.5. The first-order chi connectivity index (χ1) is 27.0. The lowest BCUT2D eigenvalue weighted by Gasteiger charge is -2.28. The van der Waals surface area contributed by atoms with E-state index >= 15 is 0 Å². The first-order valence-electron chi connectivity index (χ1n) is 19.5. The van der Waals surface area contributed by atoms with E-state index in [1.54, 1.807) is 0 Å². The summed E-state index contributed by atoms with van der Waals surface area (Å²) in [6.45, 7) is 5.67. The molecule has 3 atom stereocenters. The van der Waals surface area contributed by atoms with Gasteiger partial charge in [0.2, 0.25) is 23.6 Å². The Morgan fingerprint density at radius 1 is 0.825 bits per heavy atom. The molecule has 57 heavy (non-hydrogen) atoms. The zero-order chi connectivity index (χ0) is 42.6. The maximum Gasteiger partial charge on any atom is 0.326 e. The van der Waals surface area contributed by atoms with E-state index in [4.69, 9.17) is 20.3 Å². The van der Waals surface area contributed by atoms with Gasteiger partial charge in [-0.2, -0.15) is 0 Å². The van der Waals surface area contributed by atoms with Crippen molar-refractivity contribution in [3.8, 4) is 0 Å². The summed E-state index contributed by atoms with van der Waals surface area (Å²) < 4.78 is 10.7. The number of imidazole rings is 1. The summed E-state index contributed by atoms with van der Waals surface area (Å²) in [5, 5.41) is 28.8. The van der Waals surface area contributed by atoms with Crippen LogP contribution in [0.15, 0.2) is 12.5 Å². The number of Topliss-reactive ketones (excluding diaryl/α,β-unsaturated/α-hetero) is 2. The number of H-pyrrole nitrogens is 1. The van der Waals surface area contributed by atoms with Gasteiger partial charge in [0.05, 0.1) is 38.1 Å². The molecule has 0 bridgehead atoms. The summed E-state index contributed by atoms with van der Waals surface area (Å²) in [6.07, 6.45) is 7.04. The molecule has 0 unspecified atom stereocenters. The Labute approximate surface area is 333 Å². The Morgan fingerprint density at radius 3 is 2.21 bits per heavy atom. The van der Waals surface area contributed by atoms with Gasteiger partial charge in [0.25, 0.3) is 0 Å². The number of carbonyl (C=O) groups is 8. The van der Waals surface area contributed by atoms with E-state index in [9.17, 15) is 43.5 Å². The molecule has 0 spiro atoms. The van der Waals surface area contributed by atoms with Crippen LogP contribution in [0.5, 0.6) is 0 Å². The van der Waals surface area contributed by atoms with Gasteiger partial charge < -0.3 is 45.9 Å². The number of ether oxygens (including phenoxy) is 2. The van der Waals surface area contributed by atoms with Crippen LogP contribution in [0.1, 0.15) is 110 Å². The highest BCUT2D eigenvalue weighted by Gasteiger charge is 2.34. The molecule has 1 radical (unpaired) electrons. The van der Waals surface area contributed by atoms with Gasteiger partial charge >= 0.3 is 11.9 Å². The molecule has 4 amide bonds. The Balaban J connectivity index is 2.31. The third kappa shape index (κ3) is 23.8. The van der Waals surface area contributed by atoms with Crippen LogP contribution >= 0.6 is 0 Å². The zero-order valence-electron chi connectivity index (χ0n) is 33.5. The summed E-state index contributed by atoms with van der Waals surface area (Å²) in [7, 11) is 0. The first kappa shape index (κ1) is 50.3. The zero-order valence-corrected chi connectivity index (χ0v) is 33.5. The third-order valence-electron chi connectivity index (χ3n) is 8.93. The summed E-state index contributed by atoms with van der Waals surface area (Å²) in [5.74, 6) is -5.72. The standard InChI is InChI=1S/C38H62N7O12/c1-4-5-6-7-11-33(49)44-29(37(54)55)12-14-32(48)42-17-18-56-19-20-57-24-34(50)41-16-9-8-10-26(30(46)13-15-35(51)52)21-31(47)38(2,3)45-36(53)28(39)22-27-23-40-25-43-27/h23,25-26,28-29,39H,4-22,24H2,1-3H3,(H,40,43)(H,41,50)(H,42,48)(H,44,49)(H,45,53)(H,51,52)(H,54,55)/t26-,28+,29+/m1/s1. The molecule has 0 aromatic carbocycles. The van der Waals surface area contributed by atoms with E-state index in [2.05, 4.69) is 38.2 Å². The van der Waals surface area contributed by atoms with Crippen LogP contribution in [0.2, 0.25) is 0 Å². The van der Waals surface area contributed by atoms with Crippen molar-refractivity contribution in [2.45, 2.75) is 128 Å². The molecule has 8 N–H and O–H groups in total. The molecule has 0 aliphatic carbocycles. The van der Waals surface area contributed by atoms with Crippen molar-refractivity contribution in [2.24, 2.45) is 5.92 Å². The average molecular weight is 809 g/mol. The number of carboxylic acids is 2. The van der Waals surface area contributed by atoms with Gasteiger partial charge in [0.1, 0.15) is 24.5 Å². The molecule has 19 nitrogen and oxygen atoms in total. The van der Waals surface area contributed by atoms with Crippen LogP contribution in [0, 0.1) is 5.92 Å². The molecule has 1 aromatic heterocycles. The van der Waals surface area contributed by atoms with Crippen LogP contribution in [0.4, 0.5) is 0 Å². The third-order valence-corrected chi connectivity index (χ3v) is 8.93. The van der Waals surface area contributed by atoms with Gasteiger partial charge in [-0.3, -0.25) is 33.6 Å². The molecule has 0 saturated carbocycles. The average Bonchev–Trinajstić information content (AvgIpc) is 3.67. The smallest absolute Gasteiger partial charge is 0.326 e. The number of aliphatic carboxylic acids is 2. The van der Waals surface area contributed by atoms with Gasteiger partial charge in [0, 0.05) is 63.0 Å². The summed E-state index contributed by atoms with van der Waals surface area (Å²) in [6, 6.07) is -2.34. The highest BCUT2D eigenvalue weighted by Crippen LogP contribution is 2.21. The topological polar surface area (TPSA) is 296 Å². The van der Waals surface area contributed by atoms with E-state index < -0.39 is 47.2 Å². The Morgan fingerprint density at radius 2 is 1.54 bits per heavy atom. The van der Waals surface area contributed by atoms with E-state index in [0.717, 1.165) is 19.3 Å². The molecule has 1 aromatic rings. The lowest BCUT2D eigenvalue weighted by molar-refractivity contribution is -0.142. The van der Waals surface area contributed by atoms with Gasteiger partial charge in [-0.15, -0.1) is 0 Å². The maximum absolute atomic E-state index is 13.2. The van der Waals surface area contributed by atoms with Crippen molar-refractivity contribution in [1.82, 2.24) is 37.0 Å². The highest BCUT2D eigenvalue weighted by molar-refractivity contribution is 5.96. The second kappa shape index (κ2) is 28.6. The fourth-order valence-corrected chi connectivity index (χ4v) is 5.51. The van der Waals surface area contributed by atoms with Gasteiger partial charge in [-0.1, -0.05) is 32.6 Å². The lowest BCUT2D eigenvalue weighted by Crippen LogP contribution is -2.54. The van der Waals surface area contributed by atoms with Crippen molar-refractivity contribution < 1.29 is 58.0 Å². The number of hydrogen-bond acceptors (Lipinski definition) is 11. The Hall–Kier alpha value is -4.75. The second-order valence-electron chi connectivity index (χ2n) is 14.3. The number of unbranched alkanes of at least 4 members (excludes halogenated alkanes) is 4. The molecular formula is C38H62N7O12. The minimum absolute atomic E-state index is 0.0430. The second-order valence-corrected chi connectivity index (χ2v) is 14.3. The lowest BCUT2D eigenvalue weighted by atomic mass is 9.84. The summed E-state index contributed by atoms with van der Waals surface area (Å²) in [4.78, 5) is 104. The van der Waals surface area contributed by atoms with Gasteiger partial charge in [-0.25, -0.2) is 15.5 Å². The molecule has 1 rings (SSSR count). The number of rotatable bonds is 34. The van der Waals surface area contributed by atoms with E-state index in [-0.39, 0.29) is 114 Å². The molecule has 0 aliphatic heterocycles. The van der Waals surface area contributed by atoms with Crippen molar-refractivity contribution in [2.75, 3.05) is 39.5 Å². The maximum atomic E-state index is 13.2. The Kier molecular flexibility index (Phi) is 25.2. The molecule has 0 fully saturated rings. The predicted octanol–water partition coefficient (Wildman–Crippen LogP) is 1.26. The molecule has 1 heterocycles. The molecule has 0 saturated heterocycles. The van der Waals surface area contributed by atoms with Crippen LogP contribution in [0.3, 0.4) is 0 Å². The summed E-state index contributed by atoms with van der Waals surface area (Å²) in [5.41, 5.74) is 7.34. The van der Waals surface area contributed by atoms with Gasteiger partial charge in [0.15, 0.2) is 5.78 Å². The SMILES string of the molecule is CCCCCCC(=O)N[C@@H](CCC(=O)NCCOCCOCC(=O)NCCCC[C@H](CC(=O)C(C)(C)NC(=O)[C@@H]([NH])Cc1cnc[nH]1)C(=O)CCC(=O)O)C(=O)O. The van der Waals surface area contributed by atoms with E-state index in [1.165, 1.54) is 26.4 Å². The number of aromatic nitrogens is 2. The van der Waals surface area contributed by atoms with Crippen molar-refractivity contribution in [1.29, 1.82) is 0 Å². The number of carboxylic acid groups (broad SMARTS) is 2. The normalized spacial score (nSPS) is 12.8. The fraction of sp³-hybridized carbons (Fsp3) is 0.711. The number of aromatic amines is 1. The van der Waals surface area contributed by atoms with Crippen LogP contribution < -0.4 is 27.0 Å². The minimum atomic E-state index is -1.38. The van der Waals surface area contributed by atoms with E-state index in [0.29, 0.717) is 25.0 Å². The minimum Gasteiger partial charge on any atom is -0.481 e. The fourth-order valence-electron chi connectivity index (χ4n) is 5.51. The largest absolute Gasteiger partial charge is 0.481 e. The monoisotopic (exact) mass is 808 g/mol. The Bertz CT molecular complexity index is 1420. The number of hydrogen-bond donors (Lipinski definition) is 7. The quantitative estimate of drug-likeness (QED) is 0.0484. The summed E-state index contributed by atoms with van der Waals surface area (Å²) >= 11 is 0. The molecular weight excluding hydrogens is 746 g/mol. The number of nitrogens with one attached hydrogen (secondary N) is 6. The molecule has 19 heteroatoms. The molecule has 0 aliphatic rings. The van der Waals surface area contributed by atoms with E-state index in [1.807, 2.05) is 0 Å². The van der Waals surface area contributed by atoms with Gasteiger partial charge in [-0.05, 0) is 39.5 Å². The highest BCUT2D eigenvalue weighted by atomic mass is 16.5. The van der Waals surface area contributed by atoms with Crippen LogP contribution in [-0.4, -0.2) is 124 Å². The predicted molar refractivity (Wildman–Crippen MR) is 205 cm³/mol. The van der Waals surface area contributed by atoms with Crippen LogP contribution in [-0.2, 0) is 54.3 Å². The number of carbonyl (C=O) groups excluding carboxylic acids is 6. The molecule has 321 valence electrons.